The molecule has 0 aromatic heterocycles. The van der Waals surface area contributed by atoms with Gasteiger partial charge in [0.2, 0.25) is 11.8 Å². The Morgan fingerprint density at radius 1 is 1.07 bits per heavy atom. The van der Waals surface area contributed by atoms with Crippen LogP contribution in [0.2, 0.25) is 0 Å². The second kappa shape index (κ2) is 9.37. The Labute approximate surface area is 171 Å². The molecular formula is C23H27N3O3. The molecule has 3 amide bonds. The van der Waals surface area contributed by atoms with Crippen LogP contribution < -0.4 is 15.5 Å². The molecule has 1 saturated heterocycles. The topological polar surface area (TPSA) is 78.5 Å². The molecule has 0 bridgehead atoms. The van der Waals surface area contributed by atoms with Crippen molar-refractivity contribution in [3.63, 3.8) is 0 Å². The molecule has 1 heterocycles. The Morgan fingerprint density at radius 2 is 1.76 bits per heavy atom. The first-order valence-electron chi connectivity index (χ1n) is 10.1. The zero-order valence-corrected chi connectivity index (χ0v) is 16.9. The molecule has 0 spiro atoms. The molecule has 2 atom stereocenters. The summed E-state index contributed by atoms with van der Waals surface area (Å²) in [4.78, 5) is 39.0. The minimum atomic E-state index is -0.646. The SMILES string of the molecule is CCC(C)C(NC(=O)c1ccccc1)C(=O)Nc1ccc(N2CCCC2=O)cc1. The summed E-state index contributed by atoms with van der Waals surface area (Å²) >= 11 is 0. The van der Waals surface area contributed by atoms with Gasteiger partial charge in [-0.2, -0.15) is 0 Å². The number of carbonyl (C=O) groups is 3. The normalized spacial score (nSPS) is 15.7. The third kappa shape index (κ3) is 5.02. The van der Waals surface area contributed by atoms with Crippen molar-refractivity contribution in [3.8, 4) is 0 Å². The van der Waals surface area contributed by atoms with Gasteiger partial charge in [0, 0.05) is 29.9 Å². The number of hydrogen-bond acceptors (Lipinski definition) is 3. The molecule has 0 radical (unpaired) electrons. The third-order valence-corrected chi connectivity index (χ3v) is 5.34. The quantitative estimate of drug-likeness (QED) is 0.754. The van der Waals surface area contributed by atoms with E-state index in [4.69, 9.17) is 0 Å². The third-order valence-electron chi connectivity index (χ3n) is 5.34. The van der Waals surface area contributed by atoms with E-state index in [0.717, 1.165) is 25.1 Å². The first-order chi connectivity index (χ1) is 14.0. The fourth-order valence-electron chi connectivity index (χ4n) is 3.38. The van der Waals surface area contributed by atoms with Crippen molar-refractivity contribution in [2.75, 3.05) is 16.8 Å². The second-order valence-electron chi connectivity index (χ2n) is 7.39. The first-order valence-corrected chi connectivity index (χ1v) is 10.1. The van der Waals surface area contributed by atoms with Crippen LogP contribution in [0, 0.1) is 5.92 Å². The number of carbonyl (C=O) groups excluding carboxylic acids is 3. The summed E-state index contributed by atoms with van der Waals surface area (Å²) < 4.78 is 0. The highest BCUT2D eigenvalue weighted by Crippen LogP contribution is 2.23. The Bertz CT molecular complexity index is 865. The predicted molar refractivity (Wildman–Crippen MR) is 114 cm³/mol. The molecule has 3 rings (SSSR count). The average Bonchev–Trinajstić information content (AvgIpc) is 3.18. The molecule has 0 saturated carbocycles. The van der Waals surface area contributed by atoms with Crippen LogP contribution >= 0.6 is 0 Å². The fraction of sp³-hybridized carbons (Fsp3) is 0.348. The van der Waals surface area contributed by atoms with Crippen molar-refractivity contribution < 1.29 is 14.4 Å². The Kier molecular flexibility index (Phi) is 6.65. The van der Waals surface area contributed by atoms with Gasteiger partial charge in [-0.25, -0.2) is 0 Å². The van der Waals surface area contributed by atoms with E-state index in [9.17, 15) is 14.4 Å². The van der Waals surface area contributed by atoms with Crippen LogP contribution in [-0.4, -0.2) is 30.3 Å². The largest absolute Gasteiger partial charge is 0.340 e. The number of anilines is 2. The minimum Gasteiger partial charge on any atom is -0.340 e. The molecule has 2 aromatic carbocycles. The number of hydrogen-bond donors (Lipinski definition) is 2. The number of nitrogens with zero attached hydrogens (tertiary/aromatic N) is 1. The molecule has 6 heteroatoms. The first kappa shape index (κ1) is 20.6. The van der Waals surface area contributed by atoms with E-state index in [1.165, 1.54) is 0 Å². The maximum absolute atomic E-state index is 12.9. The summed E-state index contributed by atoms with van der Waals surface area (Å²) in [5.74, 6) is -0.422. The summed E-state index contributed by atoms with van der Waals surface area (Å²) in [7, 11) is 0. The van der Waals surface area contributed by atoms with Crippen LogP contribution in [0.5, 0.6) is 0 Å². The van der Waals surface area contributed by atoms with Crippen LogP contribution in [0.4, 0.5) is 11.4 Å². The van der Waals surface area contributed by atoms with Gasteiger partial charge in [0.05, 0.1) is 0 Å². The van der Waals surface area contributed by atoms with E-state index in [1.807, 2.05) is 32.0 Å². The Morgan fingerprint density at radius 3 is 2.34 bits per heavy atom. The van der Waals surface area contributed by atoms with E-state index >= 15 is 0 Å². The standard InChI is InChI=1S/C23H27N3O3/c1-3-16(2)21(25-22(28)17-8-5-4-6-9-17)23(29)24-18-11-13-19(14-12-18)26-15-7-10-20(26)27/h4-6,8-9,11-14,16,21H,3,7,10,15H2,1-2H3,(H,24,29)(H,25,28). The summed E-state index contributed by atoms with van der Waals surface area (Å²) in [5, 5.41) is 5.75. The van der Waals surface area contributed by atoms with Gasteiger partial charge in [-0.1, -0.05) is 38.5 Å². The molecule has 2 aromatic rings. The van der Waals surface area contributed by atoms with E-state index in [0.29, 0.717) is 17.7 Å². The average molecular weight is 393 g/mol. The van der Waals surface area contributed by atoms with E-state index in [-0.39, 0.29) is 23.6 Å². The van der Waals surface area contributed by atoms with Crippen LogP contribution in [0.1, 0.15) is 43.5 Å². The molecule has 2 unspecified atom stereocenters. The van der Waals surface area contributed by atoms with Crippen LogP contribution in [0.15, 0.2) is 54.6 Å². The summed E-state index contributed by atoms with van der Waals surface area (Å²) in [6, 6.07) is 15.5. The molecule has 1 aliphatic rings. The molecule has 2 N–H and O–H groups in total. The zero-order valence-electron chi connectivity index (χ0n) is 16.9. The highest BCUT2D eigenvalue weighted by atomic mass is 16.2. The number of amides is 3. The number of rotatable bonds is 7. The smallest absolute Gasteiger partial charge is 0.251 e. The highest BCUT2D eigenvalue weighted by molar-refractivity contribution is 6.01. The highest BCUT2D eigenvalue weighted by Gasteiger charge is 2.27. The monoisotopic (exact) mass is 393 g/mol. The molecule has 1 fully saturated rings. The van der Waals surface area contributed by atoms with Crippen LogP contribution in [0.25, 0.3) is 0 Å². The second-order valence-corrected chi connectivity index (χ2v) is 7.39. The Hall–Kier alpha value is -3.15. The van der Waals surface area contributed by atoms with Crippen molar-refractivity contribution >= 4 is 29.1 Å². The molecule has 152 valence electrons. The lowest BCUT2D eigenvalue weighted by molar-refractivity contribution is -0.119. The summed E-state index contributed by atoms with van der Waals surface area (Å²) in [6.45, 7) is 4.66. The van der Waals surface area contributed by atoms with Gasteiger partial charge >= 0.3 is 0 Å². The van der Waals surface area contributed by atoms with Gasteiger partial charge in [0.15, 0.2) is 0 Å². The molecule has 0 aliphatic carbocycles. The fourth-order valence-corrected chi connectivity index (χ4v) is 3.38. The van der Waals surface area contributed by atoms with Crippen LogP contribution in [-0.2, 0) is 9.59 Å². The van der Waals surface area contributed by atoms with Gasteiger partial charge in [0.25, 0.3) is 5.91 Å². The predicted octanol–water partition coefficient (Wildman–Crippen LogP) is 3.60. The lowest BCUT2D eigenvalue weighted by Crippen LogP contribution is -2.47. The van der Waals surface area contributed by atoms with Gasteiger partial charge in [-0.05, 0) is 48.7 Å². The van der Waals surface area contributed by atoms with Crippen molar-refractivity contribution in [2.24, 2.45) is 5.92 Å². The maximum Gasteiger partial charge on any atom is 0.251 e. The summed E-state index contributed by atoms with van der Waals surface area (Å²) in [5.41, 5.74) is 1.99. The number of benzene rings is 2. The summed E-state index contributed by atoms with van der Waals surface area (Å²) in [6.07, 6.45) is 2.20. The van der Waals surface area contributed by atoms with Gasteiger partial charge in [-0.15, -0.1) is 0 Å². The van der Waals surface area contributed by atoms with E-state index in [2.05, 4.69) is 10.6 Å². The minimum absolute atomic E-state index is 0.0239. The van der Waals surface area contributed by atoms with Gasteiger partial charge in [0.1, 0.15) is 6.04 Å². The van der Waals surface area contributed by atoms with Crippen molar-refractivity contribution in [2.45, 2.75) is 39.2 Å². The molecule has 1 aliphatic heterocycles. The zero-order chi connectivity index (χ0) is 20.8. The van der Waals surface area contributed by atoms with E-state index < -0.39 is 6.04 Å². The van der Waals surface area contributed by atoms with Crippen molar-refractivity contribution in [1.29, 1.82) is 0 Å². The molecule has 6 nitrogen and oxygen atoms in total. The number of nitrogens with one attached hydrogen (secondary N) is 2. The molecule has 29 heavy (non-hydrogen) atoms. The van der Waals surface area contributed by atoms with Crippen molar-refractivity contribution in [3.05, 3.63) is 60.2 Å². The van der Waals surface area contributed by atoms with Gasteiger partial charge < -0.3 is 15.5 Å². The molecular weight excluding hydrogens is 366 g/mol. The van der Waals surface area contributed by atoms with Crippen molar-refractivity contribution in [1.82, 2.24) is 5.32 Å². The van der Waals surface area contributed by atoms with E-state index in [1.54, 1.807) is 41.3 Å². The maximum atomic E-state index is 12.9. The Balaban J connectivity index is 1.68. The lowest BCUT2D eigenvalue weighted by Gasteiger charge is -2.24. The lowest BCUT2D eigenvalue weighted by atomic mass is 9.97. The van der Waals surface area contributed by atoms with Crippen LogP contribution in [0.3, 0.4) is 0 Å². The van der Waals surface area contributed by atoms with Gasteiger partial charge in [-0.3, -0.25) is 14.4 Å².